The summed E-state index contributed by atoms with van der Waals surface area (Å²) in [6, 6.07) is 13.1. The molecule has 0 fully saturated rings. The number of hydrogen-bond acceptors (Lipinski definition) is 4. The predicted octanol–water partition coefficient (Wildman–Crippen LogP) is 3.61. The van der Waals surface area contributed by atoms with Gasteiger partial charge in [0.2, 0.25) is 0 Å². The van der Waals surface area contributed by atoms with E-state index in [-0.39, 0.29) is 0 Å². The van der Waals surface area contributed by atoms with Crippen molar-refractivity contribution in [3.05, 3.63) is 69.2 Å². The van der Waals surface area contributed by atoms with Gasteiger partial charge in [-0.15, -0.1) is 0 Å². The van der Waals surface area contributed by atoms with E-state index >= 15 is 0 Å². The normalized spacial score (nSPS) is 10.1. The fourth-order valence-corrected chi connectivity index (χ4v) is 2.88. The van der Waals surface area contributed by atoms with E-state index in [1.165, 1.54) is 14.2 Å². The lowest BCUT2D eigenvalue weighted by Crippen LogP contribution is -2.12. The van der Waals surface area contributed by atoms with Crippen LogP contribution in [-0.2, 0) is 15.9 Å². The van der Waals surface area contributed by atoms with Crippen LogP contribution in [0.1, 0.15) is 31.8 Å². The summed E-state index contributed by atoms with van der Waals surface area (Å²) in [6.07, 6.45) is 0.561. The minimum atomic E-state index is -0.511. The van der Waals surface area contributed by atoms with Crippen LogP contribution in [0.5, 0.6) is 0 Å². The average Bonchev–Trinajstić information content (AvgIpc) is 2.55. The lowest BCUT2D eigenvalue weighted by atomic mass is 9.97. The van der Waals surface area contributed by atoms with Gasteiger partial charge in [0.05, 0.1) is 25.3 Å². The minimum Gasteiger partial charge on any atom is -0.465 e. The zero-order chi connectivity index (χ0) is 16.1. The van der Waals surface area contributed by atoms with E-state index in [2.05, 4.69) is 15.9 Å². The molecule has 0 heterocycles. The van der Waals surface area contributed by atoms with Gasteiger partial charge in [-0.2, -0.15) is 0 Å². The second-order valence-electron chi connectivity index (χ2n) is 4.61. The van der Waals surface area contributed by atoms with Gasteiger partial charge in [-0.25, -0.2) is 9.59 Å². The van der Waals surface area contributed by atoms with Gasteiger partial charge in [0.25, 0.3) is 0 Å². The molecule has 2 aromatic rings. The van der Waals surface area contributed by atoms with E-state index in [1.54, 1.807) is 12.1 Å². The molecule has 0 saturated heterocycles. The fourth-order valence-electron chi connectivity index (χ4n) is 2.17. The van der Waals surface area contributed by atoms with Gasteiger partial charge in [0.15, 0.2) is 0 Å². The van der Waals surface area contributed by atoms with Gasteiger partial charge in [0.1, 0.15) is 0 Å². The van der Waals surface area contributed by atoms with E-state index in [0.717, 1.165) is 11.1 Å². The van der Waals surface area contributed by atoms with Crippen LogP contribution < -0.4 is 0 Å². The molecule has 0 aliphatic carbocycles. The molecule has 2 aromatic carbocycles. The number of methoxy groups -OCH3 is 2. The van der Waals surface area contributed by atoms with Crippen molar-refractivity contribution in [1.29, 1.82) is 0 Å². The summed E-state index contributed by atoms with van der Waals surface area (Å²) in [6.45, 7) is 0. The van der Waals surface area contributed by atoms with Crippen LogP contribution in [0.2, 0.25) is 0 Å². The van der Waals surface area contributed by atoms with Crippen LogP contribution in [0.25, 0.3) is 0 Å². The summed E-state index contributed by atoms with van der Waals surface area (Å²) >= 11 is 3.33. The molecular weight excluding hydrogens is 348 g/mol. The van der Waals surface area contributed by atoms with Crippen molar-refractivity contribution in [3.8, 4) is 0 Å². The number of halogens is 1. The quantitative estimate of drug-likeness (QED) is 0.779. The first kappa shape index (κ1) is 16.2. The van der Waals surface area contributed by atoms with E-state index < -0.39 is 11.9 Å². The van der Waals surface area contributed by atoms with Crippen LogP contribution in [0, 0.1) is 0 Å². The monoisotopic (exact) mass is 362 g/mol. The molecule has 0 amide bonds. The molecule has 4 nitrogen and oxygen atoms in total. The van der Waals surface area contributed by atoms with Crippen molar-refractivity contribution >= 4 is 27.9 Å². The topological polar surface area (TPSA) is 52.6 Å². The van der Waals surface area contributed by atoms with Crippen molar-refractivity contribution in [2.45, 2.75) is 6.42 Å². The third-order valence-electron chi connectivity index (χ3n) is 3.26. The first-order valence-corrected chi connectivity index (χ1v) is 7.39. The smallest absolute Gasteiger partial charge is 0.339 e. The highest BCUT2D eigenvalue weighted by Gasteiger charge is 2.22. The first-order chi connectivity index (χ1) is 10.6. The summed E-state index contributed by atoms with van der Waals surface area (Å²) in [5.41, 5.74) is 2.47. The highest BCUT2D eigenvalue weighted by Crippen LogP contribution is 2.28. The van der Waals surface area contributed by atoms with Crippen molar-refractivity contribution in [2.24, 2.45) is 0 Å². The molecule has 0 spiro atoms. The molecule has 0 aromatic heterocycles. The summed E-state index contributed by atoms with van der Waals surface area (Å²) in [5.74, 6) is -1.01. The van der Waals surface area contributed by atoms with Crippen LogP contribution >= 0.6 is 15.9 Å². The van der Waals surface area contributed by atoms with Crippen LogP contribution in [0.15, 0.2) is 46.9 Å². The molecule has 0 bridgehead atoms. The molecule has 0 radical (unpaired) electrons. The largest absolute Gasteiger partial charge is 0.465 e. The maximum absolute atomic E-state index is 12.1. The summed E-state index contributed by atoms with van der Waals surface area (Å²) in [4.78, 5) is 23.9. The van der Waals surface area contributed by atoms with Crippen LogP contribution in [0.4, 0.5) is 0 Å². The van der Waals surface area contributed by atoms with Crippen molar-refractivity contribution < 1.29 is 19.1 Å². The lowest BCUT2D eigenvalue weighted by Gasteiger charge is -2.13. The Morgan fingerprint density at radius 3 is 2.18 bits per heavy atom. The maximum Gasteiger partial charge on any atom is 0.339 e. The molecule has 2 rings (SSSR count). The van der Waals surface area contributed by atoms with Gasteiger partial charge >= 0.3 is 11.9 Å². The zero-order valence-electron chi connectivity index (χ0n) is 12.3. The lowest BCUT2D eigenvalue weighted by molar-refractivity contribution is 0.0596. The van der Waals surface area contributed by atoms with Gasteiger partial charge in [-0.3, -0.25) is 0 Å². The molecule has 114 valence electrons. The summed E-state index contributed by atoms with van der Waals surface area (Å²) < 4.78 is 9.95. The van der Waals surface area contributed by atoms with Gasteiger partial charge < -0.3 is 9.47 Å². The van der Waals surface area contributed by atoms with Gasteiger partial charge in [-0.05, 0) is 39.5 Å². The number of carbonyl (C=O) groups is 2. The number of rotatable bonds is 4. The Kier molecular flexibility index (Phi) is 5.33. The summed E-state index contributed by atoms with van der Waals surface area (Å²) in [7, 11) is 2.61. The molecular formula is C17H15BrO4. The zero-order valence-corrected chi connectivity index (χ0v) is 13.8. The number of carbonyl (C=O) groups excluding carboxylic acids is 2. The van der Waals surface area contributed by atoms with E-state index in [4.69, 9.17) is 9.47 Å². The predicted molar refractivity (Wildman–Crippen MR) is 86.1 cm³/mol. The van der Waals surface area contributed by atoms with Crippen molar-refractivity contribution in [3.63, 3.8) is 0 Å². The molecule has 0 N–H and O–H groups in total. The number of hydrogen-bond donors (Lipinski definition) is 0. The van der Waals surface area contributed by atoms with Crippen LogP contribution in [-0.4, -0.2) is 26.2 Å². The Labute approximate surface area is 137 Å². The van der Waals surface area contributed by atoms with E-state index in [1.807, 2.05) is 30.3 Å². The van der Waals surface area contributed by atoms with E-state index in [9.17, 15) is 9.59 Å². The fraction of sp³-hybridized carbons (Fsp3) is 0.176. The average molecular weight is 363 g/mol. The second kappa shape index (κ2) is 7.22. The number of benzene rings is 2. The van der Waals surface area contributed by atoms with Gasteiger partial charge in [0, 0.05) is 4.47 Å². The molecule has 5 heteroatoms. The molecule has 0 saturated carbocycles. The second-order valence-corrected chi connectivity index (χ2v) is 5.40. The number of ether oxygens (including phenoxy) is 2. The van der Waals surface area contributed by atoms with Crippen LogP contribution in [0.3, 0.4) is 0 Å². The Morgan fingerprint density at radius 1 is 0.955 bits per heavy atom. The third-order valence-corrected chi connectivity index (χ3v) is 4.08. The van der Waals surface area contributed by atoms with Gasteiger partial charge in [-0.1, -0.05) is 36.4 Å². The third kappa shape index (κ3) is 3.36. The molecule has 0 unspecified atom stereocenters. The molecule has 0 aliphatic rings. The molecule has 0 atom stereocenters. The standard InChI is InChI=1S/C17H15BrO4/c1-21-16(19)13-9-8-12(10-11-6-4-3-5-7-11)14(15(13)18)17(20)22-2/h3-9H,10H2,1-2H3. The minimum absolute atomic E-state index is 0.291. The number of esters is 2. The van der Waals surface area contributed by atoms with Crippen molar-refractivity contribution in [1.82, 2.24) is 0 Å². The Morgan fingerprint density at radius 2 is 1.59 bits per heavy atom. The molecule has 22 heavy (non-hydrogen) atoms. The Bertz CT molecular complexity index is 695. The molecule has 0 aliphatic heterocycles. The van der Waals surface area contributed by atoms with E-state index in [0.29, 0.717) is 22.0 Å². The highest BCUT2D eigenvalue weighted by molar-refractivity contribution is 9.10. The summed E-state index contributed by atoms with van der Waals surface area (Å²) in [5, 5.41) is 0. The Balaban J connectivity index is 2.52. The first-order valence-electron chi connectivity index (χ1n) is 6.60. The Hall–Kier alpha value is -2.14. The SMILES string of the molecule is COC(=O)c1ccc(Cc2ccccc2)c(C(=O)OC)c1Br. The highest BCUT2D eigenvalue weighted by atomic mass is 79.9. The van der Waals surface area contributed by atoms with Crippen molar-refractivity contribution in [2.75, 3.05) is 14.2 Å². The maximum atomic E-state index is 12.1.